The van der Waals surface area contributed by atoms with Gasteiger partial charge in [-0.2, -0.15) is 9.61 Å². The lowest BCUT2D eigenvalue weighted by Gasteiger charge is -2.19. The van der Waals surface area contributed by atoms with Gasteiger partial charge in [0.05, 0.1) is 11.3 Å². The second-order valence-corrected chi connectivity index (χ2v) is 4.24. The van der Waals surface area contributed by atoms with Crippen LogP contribution >= 0.6 is 0 Å². The van der Waals surface area contributed by atoms with Gasteiger partial charge in [-0.3, -0.25) is 0 Å². The second-order valence-electron chi connectivity index (χ2n) is 4.24. The molecule has 3 N–H and O–H groups in total. The summed E-state index contributed by atoms with van der Waals surface area (Å²) < 4.78 is 1.64. The normalized spacial score (nSPS) is 15.2. The van der Waals surface area contributed by atoms with Crippen LogP contribution in [0.3, 0.4) is 0 Å². The van der Waals surface area contributed by atoms with Crippen molar-refractivity contribution in [1.82, 2.24) is 19.8 Å². The lowest BCUT2D eigenvalue weighted by Crippen LogP contribution is -2.37. The summed E-state index contributed by atoms with van der Waals surface area (Å²) in [6.45, 7) is 3.74. The number of hydrogen-bond donors (Lipinski definition) is 2. The maximum atomic E-state index is 9.89. The Morgan fingerprint density at radius 1 is 1.44 bits per heavy atom. The number of aryl methyl sites for hydroxylation is 1. The summed E-state index contributed by atoms with van der Waals surface area (Å²) >= 11 is 0. The molecule has 2 heterocycles. The molecule has 2 aromatic heterocycles. The first-order valence-corrected chi connectivity index (χ1v) is 5.12. The quantitative estimate of drug-likeness (QED) is 0.741. The first-order chi connectivity index (χ1) is 7.52. The Kier molecular flexibility index (Phi) is 2.61. The molecule has 0 fully saturated rings. The van der Waals surface area contributed by atoms with E-state index in [9.17, 15) is 5.11 Å². The Morgan fingerprint density at radius 3 is 2.88 bits per heavy atom. The third kappa shape index (κ3) is 2.02. The molecule has 0 aromatic carbocycles. The summed E-state index contributed by atoms with van der Waals surface area (Å²) in [7, 11) is 0. The van der Waals surface area contributed by atoms with Crippen LogP contribution in [0.5, 0.6) is 0 Å². The Hall–Kier alpha value is -1.53. The van der Waals surface area contributed by atoms with Gasteiger partial charge in [0.2, 0.25) is 0 Å². The zero-order valence-corrected chi connectivity index (χ0v) is 9.38. The minimum atomic E-state index is -0.978. The van der Waals surface area contributed by atoms with Crippen molar-refractivity contribution in [1.29, 1.82) is 0 Å². The van der Waals surface area contributed by atoms with E-state index >= 15 is 0 Å². The van der Waals surface area contributed by atoms with Crippen LogP contribution in [-0.4, -0.2) is 37.1 Å². The fourth-order valence-electron chi connectivity index (χ4n) is 1.45. The average Bonchev–Trinajstić information content (AvgIpc) is 2.61. The lowest BCUT2D eigenvalue weighted by molar-refractivity contribution is 0.0670. The third-order valence-electron chi connectivity index (χ3n) is 2.44. The van der Waals surface area contributed by atoms with E-state index in [-0.39, 0.29) is 6.54 Å². The Morgan fingerprint density at radius 2 is 2.19 bits per heavy atom. The standard InChI is InChI=1S/C10H15N5O/c1-7-3-4-8-12-13-9(15(8)14-7)5-10(2,16)6-11/h3-4,16H,5-6,11H2,1-2H3. The molecule has 2 aromatic rings. The fraction of sp³-hybridized carbons (Fsp3) is 0.500. The highest BCUT2D eigenvalue weighted by Crippen LogP contribution is 2.11. The first kappa shape index (κ1) is 11.0. The Bertz CT molecular complexity index is 505. The number of nitrogens with two attached hydrogens (primary N) is 1. The van der Waals surface area contributed by atoms with Crippen LogP contribution in [0.15, 0.2) is 12.1 Å². The van der Waals surface area contributed by atoms with E-state index in [0.29, 0.717) is 17.9 Å². The van der Waals surface area contributed by atoms with E-state index in [2.05, 4.69) is 15.3 Å². The van der Waals surface area contributed by atoms with Crippen molar-refractivity contribution in [2.24, 2.45) is 5.73 Å². The molecule has 0 aliphatic heterocycles. The zero-order valence-electron chi connectivity index (χ0n) is 9.38. The number of aromatic nitrogens is 4. The number of aliphatic hydroxyl groups is 1. The Balaban J connectivity index is 2.41. The van der Waals surface area contributed by atoms with E-state index in [1.54, 1.807) is 11.4 Å². The largest absolute Gasteiger partial charge is 0.388 e. The molecule has 86 valence electrons. The van der Waals surface area contributed by atoms with Crippen LogP contribution in [0.1, 0.15) is 18.4 Å². The van der Waals surface area contributed by atoms with Crippen molar-refractivity contribution in [3.05, 3.63) is 23.7 Å². The van der Waals surface area contributed by atoms with E-state index in [4.69, 9.17) is 5.73 Å². The maximum absolute atomic E-state index is 9.89. The second kappa shape index (κ2) is 3.80. The van der Waals surface area contributed by atoms with Crippen molar-refractivity contribution in [2.45, 2.75) is 25.9 Å². The highest BCUT2D eigenvalue weighted by atomic mass is 16.3. The highest BCUT2D eigenvalue weighted by Gasteiger charge is 2.22. The van der Waals surface area contributed by atoms with Crippen LogP contribution in [0.2, 0.25) is 0 Å². The minimum Gasteiger partial charge on any atom is -0.388 e. The van der Waals surface area contributed by atoms with Crippen molar-refractivity contribution >= 4 is 5.65 Å². The molecule has 0 aliphatic carbocycles. The molecule has 1 unspecified atom stereocenters. The summed E-state index contributed by atoms with van der Waals surface area (Å²) in [4.78, 5) is 0. The summed E-state index contributed by atoms with van der Waals surface area (Å²) in [5, 5.41) is 22.2. The summed E-state index contributed by atoms with van der Waals surface area (Å²) in [5.74, 6) is 0.620. The minimum absolute atomic E-state index is 0.174. The average molecular weight is 221 g/mol. The maximum Gasteiger partial charge on any atom is 0.177 e. The molecule has 0 saturated carbocycles. The van der Waals surface area contributed by atoms with Gasteiger partial charge in [-0.15, -0.1) is 10.2 Å². The molecule has 0 spiro atoms. The molecular weight excluding hydrogens is 206 g/mol. The predicted octanol–water partition coefficient (Wildman–Crippen LogP) is -0.315. The monoisotopic (exact) mass is 221 g/mol. The first-order valence-electron chi connectivity index (χ1n) is 5.12. The molecule has 6 nitrogen and oxygen atoms in total. The van der Waals surface area contributed by atoms with E-state index in [0.717, 1.165) is 5.69 Å². The number of fused-ring (bicyclic) bond motifs is 1. The van der Waals surface area contributed by atoms with E-state index < -0.39 is 5.60 Å². The summed E-state index contributed by atoms with van der Waals surface area (Å²) in [6.07, 6.45) is 0.334. The van der Waals surface area contributed by atoms with Gasteiger partial charge in [0.15, 0.2) is 11.5 Å². The van der Waals surface area contributed by atoms with Crippen LogP contribution in [-0.2, 0) is 6.42 Å². The number of nitrogens with zero attached hydrogens (tertiary/aromatic N) is 4. The fourth-order valence-corrected chi connectivity index (χ4v) is 1.45. The van der Waals surface area contributed by atoms with E-state index in [1.165, 1.54) is 0 Å². The molecule has 0 bridgehead atoms. The molecule has 0 aliphatic rings. The van der Waals surface area contributed by atoms with Crippen molar-refractivity contribution in [2.75, 3.05) is 6.54 Å². The van der Waals surface area contributed by atoms with Gasteiger partial charge in [0.25, 0.3) is 0 Å². The molecule has 16 heavy (non-hydrogen) atoms. The van der Waals surface area contributed by atoms with Crippen molar-refractivity contribution in [3.63, 3.8) is 0 Å². The molecule has 1 atom stereocenters. The van der Waals surface area contributed by atoms with Crippen LogP contribution in [0.25, 0.3) is 5.65 Å². The van der Waals surface area contributed by atoms with Crippen LogP contribution in [0.4, 0.5) is 0 Å². The predicted molar refractivity (Wildman–Crippen MR) is 58.9 cm³/mol. The molecule has 0 radical (unpaired) electrons. The SMILES string of the molecule is Cc1ccc2nnc(CC(C)(O)CN)n2n1. The smallest absolute Gasteiger partial charge is 0.177 e. The van der Waals surface area contributed by atoms with Gasteiger partial charge in [-0.1, -0.05) is 0 Å². The molecule has 0 saturated heterocycles. The van der Waals surface area contributed by atoms with E-state index in [1.807, 2.05) is 19.1 Å². The topological polar surface area (TPSA) is 89.3 Å². The number of rotatable bonds is 3. The Labute approximate surface area is 93.1 Å². The van der Waals surface area contributed by atoms with Gasteiger partial charge in [-0.05, 0) is 26.0 Å². The van der Waals surface area contributed by atoms with Crippen LogP contribution < -0.4 is 5.73 Å². The molecule has 0 amide bonds. The summed E-state index contributed by atoms with van der Waals surface area (Å²) in [6, 6.07) is 3.71. The van der Waals surface area contributed by atoms with Gasteiger partial charge in [0.1, 0.15) is 0 Å². The molecular formula is C10H15N5O. The third-order valence-corrected chi connectivity index (χ3v) is 2.44. The molecule has 2 rings (SSSR count). The van der Waals surface area contributed by atoms with Gasteiger partial charge >= 0.3 is 0 Å². The summed E-state index contributed by atoms with van der Waals surface area (Å²) in [5.41, 5.74) is 6.04. The number of hydrogen-bond acceptors (Lipinski definition) is 5. The highest BCUT2D eigenvalue weighted by molar-refractivity contribution is 5.36. The zero-order chi connectivity index (χ0) is 11.8. The van der Waals surface area contributed by atoms with Gasteiger partial charge in [0, 0.05) is 13.0 Å². The molecule has 6 heteroatoms. The van der Waals surface area contributed by atoms with Crippen molar-refractivity contribution in [3.8, 4) is 0 Å². The van der Waals surface area contributed by atoms with Crippen LogP contribution in [0, 0.1) is 6.92 Å². The van der Waals surface area contributed by atoms with Crippen molar-refractivity contribution < 1.29 is 5.11 Å². The van der Waals surface area contributed by atoms with Gasteiger partial charge in [-0.25, -0.2) is 0 Å². The lowest BCUT2D eigenvalue weighted by atomic mass is 10.0. The van der Waals surface area contributed by atoms with Gasteiger partial charge < -0.3 is 10.8 Å².